The van der Waals surface area contributed by atoms with E-state index in [1.165, 1.54) is 0 Å². The van der Waals surface area contributed by atoms with E-state index in [0.717, 1.165) is 33.6 Å². The zero-order valence-electron chi connectivity index (χ0n) is 11.1. The average molecular weight is 302 g/mol. The fourth-order valence-electron chi connectivity index (χ4n) is 1.74. The molecular weight excluding hydrogens is 288 g/mol. The summed E-state index contributed by atoms with van der Waals surface area (Å²) in [5.41, 5.74) is 1.92. The lowest BCUT2D eigenvalue weighted by Gasteiger charge is -2.02. The molecule has 102 valence electrons. The Hall–Kier alpha value is -1.72. The van der Waals surface area contributed by atoms with Gasteiger partial charge in [-0.05, 0) is 18.6 Å². The Morgan fingerprint density at radius 1 is 1.05 bits per heavy atom. The van der Waals surface area contributed by atoms with Gasteiger partial charge in [0.25, 0.3) is 0 Å². The van der Waals surface area contributed by atoms with Gasteiger partial charge in [-0.25, -0.2) is 9.97 Å². The van der Waals surface area contributed by atoms with Gasteiger partial charge in [-0.1, -0.05) is 25.1 Å². The van der Waals surface area contributed by atoms with E-state index in [9.17, 15) is 0 Å². The molecule has 2 aromatic heterocycles. The van der Waals surface area contributed by atoms with Crippen molar-refractivity contribution in [3.8, 4) is 16.5 Å². The zero-order chi connectivity index (χ0) is 13.8. The van der Waals surface area contributed by atoms with Crippen LogP contribution in [0.3, 0.4) is 0 Å². The first-order valence-corrected chi connectivity index (χ1v) is 8.18. The third-order valence-electron chi connectivity index (χ3n) is 2.75. The predicted molar refractivity (Wildman–Crippen MR) is 83.4 cm³/mol. The van der Waals surface area contributed by atoms with Gasteiger partial charge in [0.05, 0.1) is 10.7 Å². The van der Waals surface area contributed by atoms with Crippen LogP contribution in [0.5, 0.6) is 5.75 Å². The smallest absolute Gasteiger partial charge is 0.143 e. The number of aromatic nitrogens is 2. The lowest BCUT2D eigenvalue weighted by Crippen LogP contribution is -1.95. The Bertz CT molecular complexity index is 676. The van der Waals surface area contributed by atoms with Gasteiger partial charge < -0.3 is 4.74 Å². The number of rotatable bonds is 5. The quantitative estimate of drug-likeness (QED) is 0.700. The van der Waals surface area contributed by atoms with E-state index in [1.54, 1.807) is 22.7 Å². The molecule has 0 N–H and O–H groups in total. The molecule has 0 saturated heterocycles. The first-order chi connectivity index (χ1) is 9.85. The first kappa shape index (κ1) is 13.3. The predicted octanol–water partition coefficient (Wildman–Crippen LogP) is 4.41. The molecule has 0 aliphatic carbocycles. The van der Waals surface area contributed by atoms with E-state index in [0.29, 0.717) is 6.61 Å². The van der Waals surface area contributed by atoms with Gasteiger partial charge in [0.1, 0.15) is 23.1 Å². The number of thiazole rings is 2. The summed E-state index contributed by atoms with van der Waals surface area (Å²) in [6.45, 7) is 2.61. The molecule has 0 aliphatic rings. The summed E-state index contributed by atoms with van der Waals surface area (Å²) in [5, 5.41) is 6.22. The molecule has 20 heavy (non-hydrogen) atoms. The second kappa shape index (κ2) is 6.15. The molecule has 0 spiro atoms. The Morgan fingerprint density at radius 2 is 1.90 bits per heavy atom. The summed E-state index contributed by atoms with van der Waals surface area (Å²) in [6.07, 6.45) is 0.972. The van der Waals surface area contributed by atoms with Gasteiger partial charge in [0, 0.05) is 10.8 Å². The lowest BCUT2D eigenvalue weighted by atomic mass is 10.3. The van der Waals surface area contributed by atoms with Gasteiger partial charge in [-0.2, -0.15) is 0 Å². The highest BCUT2D eigenvalue weighted by Crippen LogP contribution is 2.26. The van der Waals surface area contributed by atoms with Crippen molar-refractivity contribution in [3.63, 3.8) is 0 Å². The van der Waals surface area contributed by atoms with Crippen LogP contribution >= 0.6 is 22.7 Å². The maximum absolute atomic E-state index is 5.69. The van der Waals surface area contributed by atoms with Crippen molar-refractivity contribution in [1.82, 2.24) is 9.97 Å². The Morgan fingerprint density at radius 3 is 2.65 bits per heavy atom. The molecule has 0 unspecified atom stereocenters. The fraction of sp³-hybridized carbons (Fsp3) is 0.200. The van der Waals surface area contributed by atoms with Crippen LogP contribution in [0, 0.1) is 0 Å². The van der Waals surface area contributed by atoms with E-state index in [2.05, 4.69) is 22.3 Å². The van der Waals surface area contributed by atoms with Crippen LogP contribution < -0.4 is 4.74 Å². The molecule has 0 saturated carbocycles. The van der Waals surface area contributed by atoms with Crippen molar-refractivity contribution >= 4 is 22.7 Å². The summed E-state index contributed by atoms with van der Waals surface area (Å²) < 4.78 is 5.69. The fourth-order valence-corrected chi connectivity index (χ4v) is 3.30. The minimum atomic E-state index is 0.491. The standard InChI is InChI=1S/C15H14N2OS2/c1-2-14-17-13(10-19-14)15-16-11(9-20-15)8-18-12-6-4-3-5-7-12/h3-7,9-10H,2,8H2,1H3. The minimum Gasteiger partial charge on any atom is -0.487 e. The van der Waals surface area contributed by atoms with Gasteiger partial charge in [-0.3, -0.25) is 0 Å². The molecule has 2 heterocycles. The van der Waals surface area contributed by atoms with Crippen molar-refractivity contribution < 1.29 is 4.74 Å². The minimum absolute atomic E-state index is 0.491. The van der Waals surface area contributed by atoms with Gasteiger partial charge in [0.15, 0.2) is 0 Å². The SMILES string of the molecule is CCc1nc(-c2nc(COc3ccccc3)cs2)cs1. The Kier molecular flexibility index (Phi) is 4.08. The van der Waals surface area contributed by atoms with Crippen LogP contribution in [0.1, 0.15) is 17.6 Å². The number of hydrogen-bond acceptors (Lipinski definition) is 5. The molecule has 0 amide bonds. The number of nitrogens with zero attached hydrogens (tertiary/aromatic N) is 2. The summed E-state index contributed by atoms with van der Waals surface area (Å²) in [4.78, 5) is 9.14. The molecule has 0 fully saturated rings. The number of benzene rings is 1. The van der Waals surface area contributed by atoms with E-state index in [4.69, 9.17) is 4.74 Å². The van der Waals surface area contributed by atoms with E-state index in [-0.39, 0.29) is 0 Å². The molecule has 1 aromatic carbocycles. The summed E-state index contributed by atoms with van der Waals surface area (Å²) in [5.74, 6) is 0.865. The van der Waals surface area contributed by atoms with Crippen LogP contribution in [0.25, 0.3) is 10.7 Å². The average Bonchev–Trinajstić information content (AvgIpc) is 3.15. The van der Waals surface area contributed by atoms with E-state index >= 15 is 0 Å². The number of hydrogen-bond donors (Lipinski definition) is 0. The van der Waals surface area contributed by atoms with Crippen molar-refractivity contribution in [2.75, 3.05) is 0 Å². The molecule has 0 atom stereocenters. The number of para-hydroxylation sites is 1. The van der Waals surface area contributed by atoms with E-state index < -0.39 is 0 Å². The van der Waals surface area contributed by atoms with Gasteiger partial charge in [0.2, 0.25) is 0 Å². The van der Waals surface area contributed by atoms with Gasteiger partial charge >= 0.3 is 0 Å². The summed E-state index contributed by atoms with van der Waals surface area (Å²) in [7, 11) is 0. The molecule has 3 aromatic rings. The monoisotopic (exact) mass is 302 g/mol. The Labute approximate surface area is 125 Å². The van der Waals surface area contributed by atoms with Crippen LogP contribution in [0.2, 0.25) is 0 Å². The number of ether oxygens (including phenoxy) is 1. The molecule has 0 radical (unpaired) electrons. The third-order valence-corrected chi connectivity index (χ3v) is 4.66. The van der Waals surface area contributed by atoms with Crippen molar-refractivity contribution in [2.45, 2.75) is 20.0 Å². The van der Waals surface area contributed by atoms with Crippen molar-refractivity contribution in [3.05, 3.63) is 51.8 Å². The van der Waals surface area contributed by atoms with Crippen LogP contribution in [0.15, 0.2) is 41.1 Å². The highest BCUT2D eigenvalue weighted by molar-refractivity contribution is 7.14. The summed E-state index contributed by atoms with van der Waals surface area (Å²) in [6, 6.07) is 9.79. The van der Waals surface area contributed by atoms with E-state index in [1.807, 2.05) is 35.7 Å². The highest BCUT2D eigenvalue weighted by atomic mass is 32.1. The third kappa shape index (κ3) is 3.05. The topological polar surface area (TPSA) is 35.0 Å². The van der Waals surface area contributed by atoms with Crippen LogP contribution in [-0.2, 0) is 13.0 Å². The van der Waals surface area contributed by atoms with Crippen molar-refractivity contribution in [2.24, 2.45) is 0 Å². The first-order valence-electron chi connectivity index (χ1n) is 6.42. The Balaban J connectivity index is 1.67. The van der Waals surface area contributed by atoms with Crippen molar-refractivity contribution in [1.29, 1.82) is 0 Å². The molecule has 3 nitrogen and oxygen atoms in total. The van der Waals surface area contributed by atoms with Crippen LogP contribution in [0.4, 0.5) is 0 Å². The maximum Gasteiger partial charge on any atom is 0.143 e. The molecule has 0 aliphatic heterocycles. The number of aryl methyl sites for hydroxylation is 1. The maximum atomic E-state index is 5.69. The zero-order valence-corrected chi connectivity index (χ0v) is 12.7. The second-order valence-electron chi connectivity index (χ2n) is 4.23. The van der Waals surface area contributed by atoms with Gasteiger partial charge in [-0.15, -0.1) is 22.7 Å². The molecular formula is C15H14N2OS2. The molecule has 5 heteroatoms. The molecule has 0 bridgehead atoms. The highest BCUT2D eigenvalue weighted by Gasteiger charge is 2.09. The normalized spacial score (nSPS) is 10.7. The summed E-state index contributed by atoms with van der Waals surface area (Å²) >= 11 is 3.30. The largest absolute Gasteiger partial charge is 0.487 e. The second-order valence-corrected chi connectivity index (χ2v) is 6.03. The lowest BCUT2D eigenvalue weighted by molar-refractivity contribution is 0.302. The van der Waals surface area contributed by atoms with Crippen LogP contribution in [-0.4, -0.2) is 9.97 Å². The molecule has 3 rings (SSSR count).